The van der Waals surface area contributed by atoms with Crippen LogP contribution in [-0.2, 0) is 4.79 Å². The van der Waals surface area contributed by atoms with Gasteiger partial charge in [-0.3, -0.25) is 14.9 Å². The molecule has 0 saturated heterocycles. The van der Waals surface area contributed by atoms with Crippen LogP contribution in [0.5, 0.6) is 5.75 Å². The van der Waals surface area contributed by atoms with E-state index in [1.54, 1.807) is 12.1 Å². The van der Waals surface area contributed by atoms with E-state index in [1.165, 1.54) is 30.5 Å². The number of benzene rings is 2. The highest BCUT2D eigenvalue weighted by Gasteiger charge is 2.03. The third kappa shape index (κ3) is 5.24. The summed E-state index contributed by atoms with van der Waals surface area (Å²) in [7, 11) is 0. The summed E-state index contributed by atoms with van der Waals surface area (Å²) in [5.41, 5.74) is 4.06. The van der Waals surface area contributed by atoms with Crippen LogP contribution in [-0.4, -0.2) is 23.7 Å². The van der Waals surface area contributed by atoms with E-state index >= 15 is 0 Å². The van der Waals surface area contributed by atoms with E-state index in [1.807, 2.05) is 19.1 Å². The fourth-order valence-corrected chi connectivity index (χ4v) is 1.68. The summed E-state index contributed by atoms with van der Waals surface area (Å²) in [5, 5.41) is 14.3. The highest BCUT2D eigenvalue weighted by Crippen LogP contribution is 2.11. The molecule has 2 aromatic carbocycles. The smallest absolute Gasteiger partial charge is 0.277 e. The van der Waals surface area contributed by atoms with Crippen LogP contribution >= 0.6 is 0 Å². The molecule has 2 aromatic rings. The van der Waals surface area contributed by atoms with Crippen LogP contribution in [0.4, 0.5) is 5.69 Å². The topological polar surface area (TPSA) is 93.8 Å². The first kappa shape index (κ1) is 16.2. The van der Waals surface area contributed by atoms with Crippen molar-refractivity contribution in [1.82, 2.24) is 5.43 Å². The zero-order chi connectivity index (χ0) is 16.7. The Morgan fingerprint density at radius 2 is 1.87 bits per heavy atom. The SMILES string of the molecule is Cc1ccc(OCC(=O)N/N=C\c2ccc([N+](=O)[O-])cc2)cc1. The van der Waals surface area contributed by atoms with Crippen LogP contribution in [0.1, 0.15) is 11.1 Å². The third-order valence-electron chi connectivity index (χ3n) is 2.90. The Balaban J connectivity index is 1.79. The van der Waals surface area contributed by atoms with Crippen LogP contribution in [0.2, 0.25) is 0 Å². The van der Waals surface area contributed by atoms with Crippen molar-refractivity contribution in [1.29, 1.82) is 0 Å². The number of aryl methyl sites for hydroxylation is 1. The second-order valence-electron chi connectivity index (χ2n) is 4.74. The Hall–Kier alpha value is -3.22. The average molecular weight is 313 g/mol. The van der Waals surface area contributed by atoms with E-state index in [9.17, 15) is 14.9 Å². The van der Waals surface area contributed by atoms with Gasteiger partial charge in [0.05, 0.1) is 11.1 Å². The third-order valence-corrected chi connectivity index (χ3v) is 2.90. The molecule has 0 spiro atoms. The van der Waals surface area contributed by atoms with Crippen molar-refractivity contribution in [2.75, 3.05) is 6.61 Å². The summed E-state index contributed by atoms with van der Waals surface area (Å²) in [6.07, 6.45) is 1.40. The van der Waals surface area contributed by atoms with Gasteiger partial charge in [0.2, 0.25) is 0 Å². The van der Waals surface area contributed by atoms with E-state index < -0.39 is 10.8 Å². The second kappa shape index (κ2) is 7.69. The molecule has 0 bridgehead atoms. The van der Waals surface area contributed by atoms with Gasteiger partial charge in [-0.1, -0.05) is 17.7 Å². The van der Waals surface area contributed by atoms with Gasteiger partial charge < -0.3 is 4.74 Å². The lowest BCUT2D eigenvalue weighted by molar-refractivity contribution is -0.384. The van der Waals surface area contributed by atoms with Gasteiger partial charge in [-0.15, -0.1) is 0 Å². The van der Waals surface area contributed by atoms with E-state index in [-0.39, 0.29) is 12.3 Å². The molecule has 7 nitrogen and oxygen atoms in total. The molecule has 1 N–H and O–H groups in total. The van der Waals surface area contributed by atoms with Crippen molar-refractivity contribution in [3.05, 3.63) is 69.8 Å². The van der Waals surface area contributed by atoms with Crippen LogP contribution in [0.3, 0.4) is 0 Å². The fourth-order valence-electron chi connectivity index (χ4n) is 1.68. The van der Waals surface area contributed by atoms with Crippen LogP contribution in [0.25, 0.3) is 0 Å². The lowest BCUT2D eigenvalue weighted by Crippen LogP contribution is -2.24. The second-order valence-corrected chi connectivity index (χ2v) is 4.74. The van der Waals surface area contributed by atoms with Crippen molar-refractivity contribution in [2.24, 2.45) is 5.10 Å². The number of hydrazone groups is 1. The quantitative estimate of drug-likeness (QED) is 0.503. The number of hydrogen-bond acceptors (Lipinski definition) is 5. The molecule has 0 heterocycles. The molecule has 118 valence electrons. The first-order chi connectivity index (χ1) is 11.0. The number of ether oxygens (including phenoxy) is 1. The summed E-state index contributed by atoms with van der Waals surface area (Å²) < 4.78 is 5.31. The molecule has 0 aromatic heterocycles. The van der Waals surface area contributed by atoms with E-state index in [4.69, 9.17) is 4.74 Å². The number of carbonyl (C=O) groups is 1. The maximum absolute atomic E-state index is 11.6. The van der Waals surface area contributed by atoms with Gasteiger partial charge in [0.25, 0.3) is 11.6 Å². The highest BCUT2D eigenvalue weighted by molar-refractivity contribution is 5.83. The molecule has 0 aliphatic carbocycles. The number of nitrogens with zero attached hydrogens (tertiary/aromatic N) is 2. The average Bonchev–Trinajstić information content (AvgIpc) is 2.55. The van der Waals surface area contributed by atoms with Gasteiger partial charge in [-0.05, 0) is 36.8 Å². The number of carbonyl (C=O) groups excluding carboxylic acids is 1. The molecular formula is C16H15N3O4. The lowest BCUT2D eigenvalue weighted by atomic mass is 10.2. The first-order valence-corrected chi connectivity index (χ1v) is 6.80. The molecular weight excluding hydrogens is 298 g/mol. The molecule has 0 radical (unpaired) electrons. The standard InChI is InChI=1S/C16H15N3O4/c1-12-2-8-15(9-3-12)23-11-16(20)18-17-10-13-4-6-14(7-5-13)19(21)22/h2-10H,11H2,1H3,(H,18,20)/b17-10-. The predicted molar refractivity (Wildman–Crippen MR) is 85.5 cm³/mol. The zero-order valence-corrected chi connectivity index (χ0v) is 12.4. The summed E-state index contributed by atoms with van der Waals surface area (Å²) in [6, 6.07) is 13.1. The number of nitro groups is 1. The fraction of sp³-hybridized carbons (Fsp3) is 0.125. The number of rotatable bonds is 6. The van der Waals surface area contributed by atoms with Gasteiger partial charge >= 0.3 is 0 Å². The van der Waals surface area contributed by atoms with Crippen molar-refractivity contribution in [2.45, 2.75) is 6.92 Å². The van der Waals surface area contributed by atoms with Gasteiger partial charge in [-0.2, -0.15) is 5.10 Å². The molecule has 0 aliphatic rings. The molecule has 0 atom stereocenters. The highest BCUT2D eigenvalue weighted by atomic mass is 16.6. The van der Waals surface area contributed by atoms with Gasteiger partial charge in [0.1, 0.15) is 5.75 Å². The van der Waals surface area contributed by atoms with E-state index in [0.717, 1.165) is 5.56 Å². The Kier molecular flexibility index (Phi) is 5.40. The summed E-state index contributed by atoms with van der Waals surface area (Å²) in [5.74, 6) is 0.203. The maximum Gasteiger partial charge on any atom is 0.277 e. The molecule has 0 saturated carbocycles. The normalized spacial score (nSPS) is 10.5. The lowest BCUT2D eigenvalue weighted by Gasteiger charge is -2.04. The Labute approximate surface area is 132 Å². The zero-order valence-electron chi connectivity index (χ0n) is 12.4. The molecule has 0 aliphatic heterocycles. The molecule has 2 rings (SSSR count). The maximum atomic E-state index is 11.6. The Bertz CT molecular complexity index is 709. The molecule has 1 amide bonds. The van der Waals surface area contributed by atoms with Gasteiger partial charge in [-0.25, -0.2) is 5.43 Å². The summed E-state index contributed by atoms with van der Waals surface area (Å²) in [4.78, 5) is 21.6. The minimum Gasteiger partial charge on any atom is -0.484 e. The molecule has 7 heteroatoms. The van der Waals surface area contributed by atoms with Crippen molar-refractivity contribution in [3.63, 3.8) is 0 Å². The summed E-state index contributed by atoms with van der Waals surface area (Å²) in [6.45, 7) is 1.81. The Morgan fingerprint density at radius 1 is 1.22 bits per heavy atom. The minimum absolute atomic E-state index is 0.00214. The van der Waals surface area contributed by atoms with E-state index in [0.29, 0.717) is 11.3 Å². The largest absolute Gasteiger partial charge is 0.484 e. The monoisotopic (exact) mass is 313 g/mol. The van der Waals surface area contributed by atoms with Gasteiger partial charge in [0, 0.05) is 12.1 Å². The van der Waals surface area contributed by atoms with Crippen molar-refractivity contribution < 1.29 is 14.5 Å². The Morgan fingerprint density at radius 3 is 2.48 bits per heavy atom. The number of non-ortho nitro benzene ring substituents is 1. The molecule has 0 unspecified atom stereocenters. The first-order valence-electron chi connectivity index (χ1n) is 6.80. The number of amides is 1. The minimum atomic E-state index is -0.481. The molecule has 0 fully saturated rings. The van der Waals surface area contributed by atoms with Crippen LogP contribution in [0.15, 0.2) is 53.6 Å². The number of nitro benzene ring substituents is 1. The van der Waals surface area contributed by atoms with E-state index in [2.05, 4.69) is 10.5 Å². The van der Waals surface area contributed by atoms with Crippen LogP contribution in [0, 0.1) is 17.0 Å². The van der Waals surface area contributed by atoms with Gasteiger partial charge in [0.15, 0.2) is 6.61 Å². The summed E-state index contributed by atoms with van der Waals surface area (Å²) >= 11 is 0. The van der Waals surface area contributed by atoms with Crippen molar-refractivity contribution >= 4 is 17.8 Å². The molecule has 23 heavy (non-hydrogen) atoms. The number of nitrogens with one attached hydrogen (secondary N) is 1. The van der Waals surface area contributed by atoms with Crippen LogP contribution < -0.4 is 10.2 Å². The van der Waals surface area contributed by atoms with Crippen molar-refractivity contribution in [3.8, 4) is 5.75 Å². The predicted octanol–water partition coefficient (Wildman–Crippen LogP) is 2.43. The number of hydrogen-bond donors (Lipinski definition) is 1.